The van der Waals surface area contributed by atoms with Crippen LogP contribution in [0.25, 0.3) is 37.3 Å². The predicted octanol–water partition coefficient (Wildman–Crippen LogP) is 8.68. The van der Waals surface area contributed by atoms with E-state index in [-0.39, 0.29) is 0 Å². The Hall–Kier alpha value is -2.76. The van der Waals surface area contributed by atoms with E-state index >= 15 is 0 Å². The normalized spacial score (nSPS) is 23.5. The Balaban J connectivity index is 1.31. The lowest BCUT2D eigenvalue weighted by atomic mass is 9.95. The summed E-state index contributed by atoms with van der Waals surface area (Å²) in [6.07, 6.45) is 5.90. The molecule has 3 aliphatic rings. The van der Waals surface area contributed by atoms with Gasteiger partial charge in [-0.3, -0.25) is 0 Å². The second-order valence-electron chi connectivity index (χ2n) is 13.7. The van der Waals surface area contributed by atoms with Crippen molar-refractivity contribution >= 4 is 43.7 Å². The van der Waals surface area contributed by atoms with Crippen LogP contribution < -0.4 is 10.6 Å². The van der Waals surface area contributed by atoms with Crippen LogP contribution in [0.2, 0.25) is 0 Å². The van der Waals surface area contributed by atoms with E-state index in [9.17, 15) is 0 Å². The molecule has 3 atom stereocenters. The monoisotopic (exact) mass is 580 g/mol. The summed E-state index contributed by atoms with van der Waals surface area (Å²) < 4.78 is 4.06. The Morgan fingerprint density at radius 1 is 1.02 bits per heavy atom. The van der Waals surface area contributed by atoms with Gasteiger partial charge in [0.25, 0.3) is 0 Å². The first kappa shape index (κ1) is 28.0. The maximum Gasteiger partial charge on any atom is 0.0596 e. The summed E-state index contributed by atoms with van der Waals surface area (Å²) in [7, 11) is 0. The molecule has 2 aliphatic heterocycles. The first-order chi connectivity index (χ1) is 20.2. The number of rotatable bonds is 7. The quantitative estimate of drug-likeness (QED) is 0.238. The van der Waals surface area contributed by atoms with Crippen LogP contribution in [0, 0.1) is 24.7 Å². The summed E-state index contributed by atoms with van der Waals surface area (Å²) in [5.74, 6) is 2.19. The number of aromatic nitrogens is 1. The summed E-state index contributed by atoms with van der Waals surface area (Å²) >= 11 is 1.99. The lowest BCUT2D eigenvalue weighted by molar-refractivity contribution is 0.351. The molecule has 3 fully saturated rings. The molecule has 222 valence electrons. The highest BCUT2D eigenvalue weighted by atomic mass is 32.1. The highest BCUT2D eigenvalue weighted by molar-refractivity contribution is 7.22. The Morgan fingerprint density at radius 2 is 1.79 bits per heavy atom. The van der Waals surface area contributed by atoms with Gasteiger partial charge in [-0.1, -0.05) is 33.4 Å². The van der Waals surface area contributed by atoms with Crippen LogP contribution in [0.5, 0.6) is 0 Å². The van der Waals surface area contributed by atoms with Gasteiger partial charge in [-0.05, 0) is 116 Å². The van der Waals surface area contributed by atoms with Crippen molar-refractivity contribution in [2.45, 2.75) is 85.4 Å². The van der Waals surface area contributed by atoms with Gasteiger partial charge in [0.1, 0.15) is 0 Å². The van der Waals surface area contributed by atoms with Crippen LogP contribution in [0.15, 0.2) is 43.0 Å². The fourth-order valence-corrected chi connectivity index (χ4v) is 8.95. The predicted molar refractivity (Wildman–Crippen MR) is 183 cm³/mol. The number of likely N-dealkylation sites (tertiary alicyclic amines) is 1. The largest absolute Gasteiger partial charge is 0.371 e. The molecule has 1 saturated carbocycles. The fourth-order valence-electron chi connectivity index (χ4n) is 7.63. The molecule has 5 heteroatoms. The topological polar surface area (TPSA) is 37.4 Å². The van der Waals surface area contributed by atoms with Gasteiger partial charge >= 0.3 is 0 Å². The number of fused-ring (bicyclic) bond motifs is 2. The summed E-state index contributed by atoms with van der Waals surface area (Å²) in [5, 5.41) is 2.81. The van der Waals surface area contributed by atoms with Crippen molar-refractivity contribution in [1.82, 2.24) is 9.47 Å². The second kappa shape index (κ2) is 10.7. The van der Waals surface area contributed by atoms with Gasteiger partial charge in [0.2, 0.25) is 0 Å². The van der Waals surface area contributed by atoms with Crippen LogP contribution >= 0.6 is 11.3 Å². The number of nitrogens with two attached hydrogens (primary N) is 1. The molecule has 4 aromatic rings. The van der Waals surface area contributed by atoms with E-state index in [1.54, 1.807) is 0 Å². The average Bonchev–Trinajstić information content (AvgIpc) is 3.59. The zero-order chi connectivity index (χ0) is 29.3. The Bertz CT molecular complexity index is 1650. The second-order valence-corrected chi connectivity index (χ2v) is 14.8. The highest BCUT2D eigenvalue weighted by Crippen LogP contribution is 2.45. The van der Waals surface area contributed by atoms with Crippen LogP contribution in [0.3, 0.4) is 0 Å². The zero-order valence-electron chi connectivity index (χ0n) is 26.2. The number of hydrogen-bond donors (Lipinski definition) is 1. The Kier molecular flexibility index (Phi) is 7.18. The Labute approximate surface area is 256 Å². The van der Waals surface area contributed by atoms with Gasteiger partial charge < -0.3 is 20.1 Å². The molecule has 0 radical (unpaired) electrons. The maximum absolute atomic E-state index is 6.22. The van der Waals surface area contributed by atoms with Crippen molar-refractivity contribution in [2.24, 2.45) is 23.5 Å². The van der Waals surface area contributed by atoms with E-state index < -0.39 is 0 Å². The smallest absolute Gasteiger partial charge is 0.0596 e. The molecule has 0 bridgehead atoms. The number of thiophene rings is 1. The van der Waals surface area contributed by atoms with Gasteiger partial charge in [0.05, 0.1) is 16.1 Å². The number of nitrogens with zero attached hydrogens (tertiary/aromatic N) is 3. The number of piperidine rings is 1. The van der Waals surface area contributed by atoms with Crippen molar-refractivity contribution in [3.8, 4) is 10.6 Å². The third-order valence-corrected chi connectivity index (χ3v) is 12.2. The van der Waals surface area contributed by atoms with E-state index in [4.69, 9.17) is 5.73 Å². The van der Waals surface area contributed by atoms with Crippen molar-refractivity contribution in [3.05, 3.63) is 59.7 Å². The minimum absolute atomic E-state index is 0.350. The summed E-state index contributed by atoms with van der Waals surface area (Å²) in [5.41, 5.74) is 15.7. The van der Waals surface area contributed by atoms with Crippen LogP contribution in [-0.2, 0) is 13.0 Å². The van der Waals surface area contributed by atoms with Gasteiger partial charge in [0, 0.05) is 59.7 Å². The molecule has 0 amide bonds. The van der Waals surface area contributed by atoms with Gasteiger partial charge in [0.15, 0.2) is 0 Å². The molecule has 2 aromatic heterocycles. The molecule has 2 saturated heterocycles. The molecule has 7 rings (SSSR count). The molecule has 42 heavy (non-hydrogen) atoms. The first-order valence-corrected chi connectivity index (χ1v) is 17.2. The van der Waals surface area contributed by atoms with Crippen molar-refractivity contribution in [1.29, 1.82) is 0 Å². The third-order valence-electron chi connectivity index (χ3n) is 11.0. The van der Waals surface area contributed by atoms with Crippen molar-refractivity contribution < 1.29 is 0 Å². The minimum atomic E-state index is 0.350. The molecule has 2 aromatic carbocycles. The highest BCUT2D eigenvalue weighted by Gasteiger charge is 2.34. The number of benzene rings is 2. The summed E-state index contributed by atoms with van der Waals surface area (Å²) in [4.78, 5) is 6.52. The van der Waals surface area contributed by atoms with Crippen molar-refractivity contribution in [3.63, 3.8) is 0 Å². The summed E-state index contributed by atoms with van der Waals surface area (Å²) in [6, 6.07) is 15.4. The third kappa shape index (κ3) is 4.77. The molecule has 1 aliphatic carbocycles. The number of aryl methyl sites for hydroxylation is 2. The first-order valence-electron chi connectivity index (χ1n) is 16.4. The van der Waals surface area contributed by atoms with E-state index in [1.807, 2.05) is 11.3 Å². The van der Waals surface area contributed by atoms with Crippen LogP contribution in [0.4, 0.5) is 5.69 Å². The SMILES string of the molecule is C=C(c1cc(CC)c2c(C)c(-c3cc4ccc(N5CCC(N)CC5)cc4n3CC3CC3)sc2c1)N1CC(C)C(C)C1C. The molecule has 2 N–H and O–H groups in total. The average molecular weight is 581 g/mol. The Morgan fingerprint density at radius 3 is 2.45 bits per heavy atom. The molecule has 4 heterocycles. The number of anilines is 1. The van der Waals surface area contributed by atoms with Crippen LogP contribution in [0.1, 0.15) is 70.1 Å². The standard InChI is InChI=1S/C37H48N4S/c1-7-28-16-30(26(6)40-20-22(2)23(3)25(40)5)18-35-36(28)24(4)37(42-35)34-17-29-10-11-32(39-14-12-31(38)13-15-39)19-33(29)41(34)21-27-8-9-27/h10-11,16-19,22-23,25,27,31H,6-9,12-15,20-21,38H2,1-5H3. The van der Waals surface area contributed by atoms with Gasteiger partial charge in [-0.15, -0.1) is 11.3 Å². The van der Waals surface area contributed by atoms with Crippen molar-refractivity contribution in [2.75, 3.05) is 24.5 Å². The van der Waals surface area contributed by atoms with E-state index in [0.717, 1.165) is 51.4 Å². The molecule has 3 unspecified atom stereocenters. The fraction of sp³-hybridized carbons (Fsp3) is 0.514. The van der Waals surface area contributed by atoms with Gasteiger partial charge in [-0.2, -0.15) is 0 Å². The lowest BCUT2D eigenvalue weighted by Crippen LogP contribution is -2.39. The van der Waals surface area contributed by atoms with Gasteiger partial charge in [-0.25, -0.2) is 0 Å². The molecular weight excluding hydrogens is 533 g/mol. The van der Waals surface area contributed by atoms with E-state index in [1.165, 1.54) is 72.5 Å². The lowest BCUT2D eigenvalue weighted by Gasteiger charge is -2.32. The molecule has 0 spiro atoms. The number of hydrogen-bond acceptors (Lipinski definition) is 4. The molecular formula is C37H48N4S. The summed E-state index contributed by atoms with van der Waals surface area (Å²) in [6.45, 7) is 20.8. The zero-order valence-corrected chi connectivity index (χ0v) is 27.1. The van der Waals surface area contributed by atoms with E-state index in [2.05, 4.69) is 92.0 Å². The van der Waals surface area contributed by atoms with Crippen LogP contribution in [-0.4, -0.2) is 41.2 Å². The maximum atomic E-state index is 6.22. The molecule has 4 nitrogen and oxygen atoms in total. The minimum Gasteiger partial charge on any atom is -0.371 e. The van der Waals surface area contributed by atoms with E-state index in [0.29, 0.717) is 23.9 Å².